The summed E-state index contributed by atoms with van der Waals surface area (Å²) in [5.74, 6) is 2.87. The van der Waals surface area contributed by atoms with Gasteiger partial charge in [0.25, 0.3) is 11.8 Å². The highest BCUT2D eigenvalue weighted by Gasteiger charge is 2.52. The van der Waals surface area contributed by atoms with E-state index in [1.807, 2.05) is 35.2 Å². The van der Waals surface area contributed by atoms with E-state index >= 15 is 0 Å². The summed E-state index contributed by atoms with van der Waals surface area (Å²) in [6.07, 6.45) is 7.79. The average Bonchev–Trinajstić information content (AvgIpc) is 2.72. The van der Waals surface area contributed by atoms with E-state index in [0.29, 0.717) is 0 Å². The van der Waals surface area contributed by atoms with Crippen molar-refractivity contribution in [2.45, 2.75) is 57.0 Å². The summed E-state index contributed by atoms with van der Waals surface area (Å²) < 4.78 is 0. The van der Waals surface area contributed by atoms with E-state index in [4.69, 9.17) is 0 Å². The smallest absolute Gasteiger partial charge is 0.278 e. The number of nitrogens with zero attached hydrogens (tertiary/aromatic N) is 1. The zero-order valence-electron chi connectivity index (χ0n) is 17.5. The van der Waals surface area contributed by atoms with E-state index in [-0.39, 0.29) is 23.4 Å². The highest BCUT2D eigenvalue weighted by Crippen LogP contribution is 2.55. The number of hydrogen-bond acceptors (Lipinski definition) is 2. The molecule has 1 aromatic carbocycles. The number of rotatable bonds is 4. The molecule has 6 rings (SSSR count). The molecule has 4 aliphatic carbocycles. The molecule has 2 amide bonds. The molecule has 0 radical (unpaired) electrons. The number of piperazine rings is 1. The minimum absolute atomic E-state index is 0.0445. The third kappa shape index (κ3) is 3.70. The fourth-order valence-electron chi connectivity index (χ4n) is 7.01. The number of carbonyl (C=O) groups excluding carboxylic acids is 2. The lowest BCUT2D eigenvalue weighted by Gasteiger charge is -2.57. The summed E-state index contributed by atoms with van der Waals surface area (Å²) >= 11 is 0. The van der Waals surface area contributed by atoms with Crippen molar-refractivity contribution in [1.82, 2.24) is 10.2 Å². The second kappa shape index (κ2) is 7.42. The summed E-state index contributed by atoms with van der Waals surface area (Å²) in [5, 5.41) is 3.54. The second-order valence-electron chi connectivity index (χ2n) is 10.2. The molecule has 156 valence electrons. The van der Waals surface area contributed by atoms with E-state index in [1.54, 1.807) is 0 Å². The van der Waals surface area contributed by atoms with Crippen LogP contribution in [0.2, 0.25) is 0 Å². The molecule has 5 heteroatoms. The van der Waals surface area contributed by atoms with Crippen molar-refractivity contribution in [3.05, 3.63) is 35.9 Å². The molecule has 4 bridgehead atoms. The normalized spacial score (nSPS) is 34.8. The molecule has 1 saturated heterocycles. The van der Waals surface area contributed by atoms with E-state index in [0.717, 1.165) is 49.5 Å². The van der Waals surface area contributed by atoms with Gasteiger partial charge in [-0.1, -0.05) is 18.2 Å². The molecule has 0 spiro atoms. The van der Waals surface area contributed by atoms with E-state index in [2.05, 4.69) is 12.2 Å². The zero-order valence-corrected chi connectivity index (χ0v) is 17.5. The summed E-state index contributed by atoms with van der Waals surface area (Å²) in [7, 11) is 0. The lowest BCUT2D eigenvalue weighted by Crippen LogP contribution is -3.19. The quantitative estimate of drug-likeness (QED) is 0.811. The van der Waals surface area contributed by atoms with Crippen LogP contribution in [0.5, 0.6) is 0 Å². The van der Waals surface area contributed by atoms with Gasteiger partial charge in [-0.15, -0.1) is 0 Å². The molecule has 1 atom stereocenters. The first-order chi connectivity index (χ1) is 14.0. The Bertz CT molecular complexity index is 734. The Balaban J connectivity index is 1.16. The first-order valence-electron chi connectivity index (χ1n) is 11.5. The van der Waals surface area contributed by atoms with Crippen LogP contribution in [-0.4, -0.2) is 54.5 Å². The van der Waals surface area contributed by atoms with Crippen LogP contribution in [0, 0.1) is 17.8 Å². The first kappa shape index (κ1) is 19.1. The maximum absolute atomic E-state index is 13.2. The van der Waals surface area contributed by atoms with Gasteiger partial charge in [0.15, 0.2) is 6.04 Å². The van der Waals surface area contributed by atoms with Crippen molar-refractivity contribution >= 4 is 11.8 Å². The summed E-state index contributed by atoms with van der Waals surface area (Å²) in [6, 6.07) is 9.46. The van der Waals surface area contributed by atoms with Crippen LogP contribution in [0.1, 0.15) is 55.8 Å². The molecule has 5 nitrogen and oxygen atoms in total. The minimum Gasteiger partial charge on any atom is -0.345 e. The highest BCUT2D eigenvalue weighted by atomic mass is 16.2. The van der Waals surface area contributed by atoms with Gasteiger partial charge in [0.2, 0.25) is 0 Å². The van der Waals surface area contributed by atoms with Gasteiger partial charge in [-0.05, 0) is 75.3 Å². The summed E-state index contributed by atoms with van der Waals surface area (Å²) in [5.41, 5.74) is 0.841. The number of carbonyl (C=O) groups is 2. The Hall–Kier alpha value is -1.88. The van der Waals surface area contributed by atoms with Gasteiger partial charge in [-0.25, -0.2) is 0 Å². The Morgan fingerprint density at radius 3 is 2.10 bits per heavy atom. The van der Waals surface area contributed by atoms with Crippen LogP contribution >= 0.6 is 0 Å². The third-order valence-electron chi connectivity index (χ3n) is 8.15. The second-order valence-corrected chi connectivity index (χ2v) is 10.2. The summed E-state index contributed by atoms with van der Waals surface area (Å²) in [6.45, 7) is 5.19. The molecule has 0 aromatic heterocycles. The Morgan fingerprint density at radius 2 is 1.55 bits per heavy atom. The largest absolute Gasteiger partial charge is 0.345 e. The van der Waals surface area contributed by atoms with Gasteiger partial charge < -0.3 is 15.1 Å². The van der Waals surface area contributed by atoms with Gasteiger partial charge in [0.1, 0.15) is 0 Å². The number of benzene rings is 1. The standard InChI is InChI=1S/C24H33N3O2/c1-17(22(28)25-24-14-18-11-19(15-24)13-20(12-18)16-24)26-7-9-27(10-8-26)23(29)21-5-3-2-4-6-21/h2-6,17-20H,7-16H2,1H3,(H,25,28)/p+1/t17-,18?,19?,20?,24?/m0/s1. The van der Waals surface area contributed by atoms with Crippen molar-refractivity contribution in [3.8, 4) is 0 Å². The van der Waals surface area contributed by atoms with E-state index in [9.17, 15) is 9.59 Å². The van der Waals surface area contributed by atoms with Crippen LogP contribution in [0.3, 0.4) is 0 Å². The molecule has 1 aliphatic heterocycles. The maximum Gasteiger partial charge on any atom is 0.278 e. The number of quaternary nitrogens is 1. The van der Waals surface area contributed by atoms with Crippen molar-refractivity contribution in [2.75, 3.05) is 26.2 Å². The molecular formula is C24H34N3O2+. The van der Waals surface area contributed by atoms with Crippen molar-refractivity contribution in [2.24, 2.45) is 17.8 Å². The molecule has 2 N–H and O–H groups in total. The molecule has 4 saturated carbocycles. The molecule has 5 fully saturated rings. The van der Waals surface area contributed by atoms with Crippen LogP contribution < -0.4 is 10.2 Å². The predicted octanol–water partition coefficient (Wildman–Crippen LogP) is 1.50. The lowest BCUT2D eigenvalue weighted by atomic mass is 9.53. The van der Waals surface area contributed by atoms with Gasteiger partial charge in [-0.3, -0.25) is 9.59 Å². The van der Waals surface area contributed by atoms with Crippen LogP contribution in [-0.2, 0) is 4.79 Å². The number of nitrogens with one attached hydrogen (secondary N) is 2. The van der Waals surface area contributed by atoms with Crippen molar-refractivity contribution in [1.29, 1.82) is 0 Å². The van der Waals surface area contributed by atoms with Gasteiger partial charge in [0.05, 0.1) is 26.2 Å². The average molecular weight is 397 g/mol. The third-order valence-corrected chi connectivity index (χ3v) is 8.15. The Morgan fingerprint density at radius 1 is 1.00 bits per heavy atom. The van der Waals surface area contributed by atoms with Gasteiger partial charge >= 0.3 is 0 Å². The topological polar surface area (TPSA) is 53.9 Å². The monoisotopic (exact) mass is 396 g/mol. The molecule has 5 aliphatic rings. The molecule has 1 aromatic rings. The molecule has 29 heavy (non-hydrogen) atoms. The van der Waals surface area contributed by atoms with Crippen molar-refractivity contribution in [3.63, 3.8) is 0 Å². The van der Waals surface area contributed by atoms with Crippen molar-refractivity contribution < 1.29 is 14.5 Å². The molecular weight excluding hydrogens is 362 g/mol. The summed E-state index contributed by atoms with van der Waals surface area (Å²) in [4.78, 5) is 29.1. The van der Waals surface area contributed by atoms with Gasteiger partial charge in [-0.2, -0.15) is 0 Å². The fraction of sp³-hybridized carbons (Fsp3) is 0.667. The van der Waals surface area contributed by atoms with E-state index < -0.39 is 0 Å². The Labute approximate surface area is 173 Å². The SMILES string of the molecule is C[C@@H](C(=O)NC12CC3CC(CC(C3)C1)C2)[NH+]1CCN(C(=O)c2ccccc2)CC1. The van der Waals surface area contributed by atoms with Crippen LogP contribution in [0.25, 0.3) is 0 Å². The van der Waals surface area contributed by atoms with E-state index in [1.165, 1.54) is 43.4 Å². The molecule has 0 unspecified atom stereocenters. The molecule has 1 heterocycles. The lowest BCUT2D eigenvalue weighted by molar-refractivity contribution is -0.918. The highest BCUT2D eigenvalue weighted by molar-refractivity contribution is 5.94. The van der Waals surface area contributed by atoms with Crippen LogP contribution in [0.15, 0.2) is 30.3 Å². The first-order valence-corrected chi connectivity index (χ1v) is 11.5. The van der Waals surface area contributed by atoms with Crippen LogP contribution in [0.4, 0.5) is 0 Å². The fourth-order valence-corrected chi connectivity index (χ4v) is 7.01. The van der Waals surface area contributed by atoms with Gasteiger partial charge in [0, 0.05) is 11.1 Å². The predicted molar refractivity (Wildman–Crippen MR) is 112 cm³/mol. The minimum atomic E-state index is -0.0445. The zero-order chi connectivity index (χ0) is 20.0. The number of amides is 2. The number of hydrogen-bond donors (Lipinski definition) is 2. The Kier molecular flexibility index (Phi) is 4.89. The maximum atomic E-state index is 13.2.